The number of rotatable bonds is 6. The average Bonchev–Trinajstić information content (AvgIpc) is 3.20. The van der Waals surface area contributed by atoms with Crippen molar-refractivity contribution in [3.63, 3.8) is 0 Å². The molecule has 0 radical (unpaired) electrons. The molecule has 11 heteroatoms. The molecule has 0 aliphatic carbocycles. The van der Waals surface area contributed by atoms with Crippen molar-refractivity contribution in [2.24, 2.45) is 0 Å². The Hall–Kier alpha value is -2.33. The molecule has 1 saturated heterocycles. The van der Waals surface area contributed by atoms with Crippen molar-refractivity contribution in [1.82, 2.24) is 4.90 Å². The summed E-state index contributed by atoms with van der Waals surface area (Å²) in [6.07, 6.45) is 0.650. The van der Waals surface area contributed by atoms with E-state index in [1.165, 1.54) is 6.08 Å². The Balaban J connectivity index is 1.86. The lowest BCUT2D eigenvalue weighted by Gasteiger charge is -2.21. The van der Waals surface area contributed by atoms with Gasteiger partial charge in [0.15, 0.2) is 0 Å². The largest absolute Gasteiger partial charge is 0.481 e. The van der Waals surface area contributed by atoms with Crippen molar-refractivity contribution in [1.29, 1.82) is 0 Å². The fraction of sp³-hybridized carbons (Fsp3) is 0.111. The first-order valence-corrected chi connectivity index (χ1v) is 9.92. The van der Waals surface area contributed by atoms with Crippen LogP contribution < -0.4 is 0 Å². The van der Waals surface area contributed by atoms with Gasteiger partial charge >= 0.3 is 11.9 Å². The van der Waals surface area contributed by atoms with E-state index < -0.39 is 30.3 Å². The number of thiocarbonyl (C=S) groups is 1. The lowest BCUT2D eigenvalue weighted by Crippen LogP contribution is -2.45. The molecule has 1 aromatic heterocycles. The molecule has 2 heterocycles. The van der Waals surface area contributed by atoms with Gasteiger partial charge in [-0.1, -0.05) is 47.2 Å². The molecule has 1 aromatic carbocycles. The van der Waals surface area contributed by atoms with Crippen molar-refractivity contribution < 1.29 is 29.0 Å². The summed E-state index contributed by atoms with van der Waals surface area (Å²) < 4.78 is 5.67. The smallest absolute Gasteiger partial charge is 0.327 e. The molecule has 0 saturated carbocycles. The Morgan fingerprint density at radius 2 is 1.93 bits per heavy atom. The highest BCUT2D eigenvalue weighted by atomic mass is 35.5. The van der Waals surface area contributed by atoms with E-state index in [2.05, 4.69) is 0 Å². The zero-order chi connectivity index (χ0) is 21.3. The summed E-state index contributed by atoms with van der Waals surface area (Å²) in [5.41, 5.74) is 0.680. The maximum Gasteiger partial charge on any atom is 0.327 e. The zero-order valence-corrected chi connectivity index (χ0v) is 17.4. The third-order valence-corrected chi connectivity index (χ3v) is 5.96. The third kappa shape index (κ3) is 4.64. The highest BCUT2D eigenvalue weighted by Gasteiger charge is 2.41. The lowest BCUT2D eigenvalue weighted by atomic mass is 10.2. The van der Waals surface area contributed by atoms with Crippen LogP contribution in [0.25, 0.3) is 17.4 Å². The van der Waals surface area contributed by atoms with Crippen LogP contribution in [-0.2, 0) is 14.4 Å². The Labute approximate surface area is 183 Å². The summed E-state index contributed by atoms with van der Waals surface area (Å²) in [6, 6.07) is 6.69. The minimum atomic E-state index is -1.59. The van der Waals surface area contributed by atoms with Gasteiger partial charge in [-0.05, 0) is 30.3 Å². The second-order valence-corrected chi connectivity index (χ2v) is 8.32. The van der Waals surface area contributed by atoms with Gasteiger partial charge in [0.25, 0.3) is 5.91 Å². The van der Waals surface area contributed by atoms with E-state index in [4.69, 9.17) is 44.9 Å². The second-order valence-electron chi connectivity index (χ2n) is 5.83. The summed E-state index contributed by atoms with van der Waals surface area (Å²) >= 11 is 17.9. The predicted molar refractivity (Wildman–Crippen MR) is 113 cm³/mol. The van der Waals surface area contributed by atoms with E-state index in [-0.39, 0.29) is 9.23 Å². The molecule has 1 aliphatic heterocycles. The number of carboxylic acids is 2. The van der Waals surface area contributed by atoms with Gasteiger partial charge in [-0.15, -0.1) is 0 Å². The van der Waals surface area contributed by atoms with Crippen molar-refractivity contribution in [2.75, 3.05) is 0 Å². The first-order chi connectivity index (χ1) is 13.7. The van der Waals surface area contributed by atoms with Crippen molar-refractivity contribution in [3.8, 4) is 11.3 Å². The normalized spacial score (nSPS) is 16.5. The van der Waals surface area contributed by atoms with Crippen LogP contribution in [0.3, 0.4) is 0 Å². The Kier molecular flexibility index (Phi) is 6.33. The fourth-order valence-corrected chi connectivity index (χ4v) is 4.20. The molecule has 1 atom stereocenters. The molecule has 1 aliphatic rings. The van der Waals surface area contributed by atoms with Crippen LogP contribution in [0.2, 0.25) is 10.0 Å². The maximum atomic E-state index is 12.6. The fourth-order valence-electron chi connectivity index (χ4n) is 2.57. The highest BCUT2D eigenvalue weighted by molar-refractivity contribution is 8.26. The summed E-state index contributed by atoms with van der Waals surface area (Å²) in [7, 11) is 0. The van der Waals surface area contributed by atoms with Gasteiger partial charge in [-0.3, -0.25) is 14.5 Å². The number of nitrogens with zero attached hydrogens (tertiary/aromatic N) is 1. The zero-order valence-electron chi connectivity index (χ0n) is 14.3. The molecule has 3 rings (SSSR count). The predicted octanol–water partition coefficient (Wildman–Crippen LogP) is 4.38. The molecule has 1 amide bonds. The van der Waals surface area contributed by atoms with E-state index in [1.54, 1.807) is 30.3 Å². The number of benzene rings is 1. The molecule has 0 unspecified atom stereocenters. The standard InChI is InChI=1S/C18H11Cl2NO6S2/c19-10-3-1-8(5-11(10)20)13-4-2-9(27-13)6-14-16(24)21(18(28)29-14)12(17(25)26)7-15(22)23/h1-6,12H,7H2,(H,22,23)(H,25,26)/b14-6-/t12-/m0/s1. The van der Waals surface area contributed by atoms with Crippen molar-refractivity contribution in [2.45, 2.75) is 12.5 Å². The minimum absolute atomic E-state index is 0.0360. The molecule has 0 bridgehead atoms. The van der Waals surface area contributed by atoms with Crippen molar-refractivity contribution in [3.05, 3.63) is 51.0 Å². The molecule has 0 spiro atoms. The summed E-state index contributed by atoms with van der Waals surface area (Å²) in [6.45, 7) is 0. The molecular formula is C18H11Cl2NO6S2. The highest BCUT2D eigenvalue weighted by Crippen LogP contribution is 2.36. The van der Waals surface area contributed by atoms with E-state index in [0.717, 1.165) is 16.7 Å². The van der Waals surface area contributed by atoms with Gasteiger partial charge in [0.05, 0.1) is 21.4 Å². The molecular weight excluding hydrogens is 461 g/mol. The summed E-state index contributed by atoms with van der Waals surface area (Å²) in [5.74, 6) is -2.69. The molecule has 150 valence electrons. The number of hydrogen-bond donors (Lipinski definition) is 2. The molecule has 2 N–H and O–H groups in total. The SMILES string of the molecule is O=C(O)C[C@@H](C(=O)O)N1C(=O)/C(=C/c2ccc(-c3ccc(Cl)c(Cl)c3)o2)SC1=S. The number of amides is 1. The van der Waals surface area contributed by atoms with Crippen LogP contribution in [0.5, 0.6) is 0 Å². The van der Waals surface area contributed by atoms with Gasteiger partial charge in [-0.2, -0.15) is 0 Å². The molecule has 2 aromatic rings. The van der Waals surface area contributed by atoms with Gasteiger partial charge in [0.1, 0.15) is 21.9 Å². The first-order valence-electron chi connectivity index (χ1n) is 7.94. The monoisotopic (exact) mass is 471 g/mol. The van der Waals surface area contributed by atoms with E-state index in [1.807, 2.05) is 0 Å². The molecule has 1 fully saturated rings. The Morgan fingerprint density at radius 3 is 2.55 bits per heavy atom. The van der Waals surface area contributed by atoms with Gasteiger partial charge in [0, 0.05) is 11.6 Å². The number of halogens is 2. The number of carbonyl (C=O) groups excluding carboxylic acids is 1. The molecule has 29 heavy (non-hydrogen) atoms. The Morgan fingerprint density at radius 1 is 1.21 bits per heavy atom. The van der Waals surface area contributed by atoms with Gasteiger partial charge in [0.2, 0.25) is 0 Å². The van der Waals surface area contributed by atoms with E-state index in [9.17, 15) is 19.5 Å². The summed E-state index contributed by atoms with van der Waals surface area (Å²) in [4.78, 5) is 35.9. The van der Waals surface area contributed by atoms with E-state index >= 15 is 0 Å². The Bertz CT molecular complexity index is 1060. The summed E-state index contributed by atoms with van der Waals surface area (Å²) in [5, 5.41) is 19.0. The van der Waals surface area contributed by atoms with E-state index in [0.29, 0.717) is 27.1 Å². The van der Waals surface area contributed by atoms with Crippen LogP contribution in [0.15, 0.2) is 39.7 Å². The number of hydrogen-bond acceptors (Lipinski definition) is 6. The lowest BCUT2D eigenvalue weighted by molar-refractivity contribution is -0.150. The first kappa shape index (κ1) is 21.4. The minimum Gasteiger partial charge on any atom is -0.481 e. The second kappa shape index (κ2) is 8.58. The van der Waals surface area contributed by atoms with Crippen LogP contribution in [0.1, 0.15) is 12.2 Å². The van der Waals surface area contributed by atoms with Crippen LogP contribution in [0, 0.1) is 0 Å². The molecule has 7 nitrogen and oxygen atoms in total. The van der Waals surface area contributed by atoms with Crippen molar-refractivity contribution >= 4 is 75.4 Å². The number of aliphatic carboxylic acids is 2. The number of carbonyl (C=O) groups is 3. The quantitative estimate of drug-likeness (QED) is 0.471. The van der Waals surface area contributed by atoms with Gasteiger partial charge < -0.3 is 14.6 Å². The topological polar surface area (TPSA) is 108 Å². The van der Waals surface area contributed by atoms with Crippen LogP contribution >= 0.6 is 47.2 Å². The maximum absolute atomic E-state index is 12.6. The van der Waals surface area contributed by atoms with Crippen LogP contribution in [0.4, 0.5) is 0 Å². The van der Waals surface area contributed by atoms with Gasteiger partial charge in [-0.25, -0.2) is 4.79 Å². The number of furan rings is 1. The third-order valence-electron chi connectivity index (χ3n) is 3.89. The van der Waals surface area contributed by atoms with Crippen LogP contribution in [-0.4, -0.2) is 43.3 Å². The number of thioether (sulfide) groups is 1. The number of carboxylic acid groups (broad SMARTS) is 2. The average molecular weight is 472 g/mol.